The Kier molecular flexibility index (Phi) is 10.7. The van der Waals surface area contributed by atoms with Crippen molar-refractivity contribution in [3.05, 3.63) is 156 Å². The van der Waals surface area contributed by atoms with Gasteiger partial charge in [-0.05, 0) is 121 Å². The Morgan fingerprint density at radius 1 is 0.435 bits per heavy atom. The van der Waals surface area contributed by atoms with E-state index in [2.05, 4.69) is 222 Å². The van der Waals surface area contributed by atoms with E-state index >= 15 is 0 Å². The molecule has 0 atom stereocenters. The van der Waals surface area contributed by atoms with Gasteiger partial charge in [0.15, 0.2) is 0 Å². The van der Waals surface area contributed by atoms with Crippen LogP contribution in [0, 0.1) is 0 Å². The van der Waals surface area contributed by atoms with E-state index in [-0.39, 0.29) is 21.7 Å². The third-order valence-electron chi connectivity index (χ3n) is 12.9. The Hall–Kier alpha value is -5.58. The van der Waals surface area contributed by atoms with Gasteiger partial charge in [-0.15, -0.1) is 0 Å². The van der Waals surface area contributed by atoms with Crippen LogP contribution < -0.4 is 10.5 Å². The fourth-order valence-corrected chi connectivity index (χ4v) is 10.8. The summed E-state index contributed by atoms with van der Waals surface area (Å²) < 4.78 is 0. The number of hydrogen-bond acceptors (Lipinski definition) is 2. The van der Waals surface area contributed by atoms with Gasteiger partial charge < -0.3 is 4.98 Å². The lowest BCUT2D eigenvalue weighted by Gasteiger charge is -2.26. The minimum atomic E-state index is -2.24. The van der Waals surface area contributed by atoms with E-state index in [1.54, 1.807) is 0 Å². The molecule has 3 heterocycles. The summed E-state index contributed by atoms with van der Waals surface area (Å²) in [5.74, 6) is 0. The van der Waals surface area contributed by atoms with Gasteiger partial charge in [-0.2, -0.15) is 0 Å². The Labute approximate surface area is 372 Å². The quantitative estimate of drug-likeness (QED) is 0.170. The fourth-order valence-electron chi connectivity index (χ4n) is 8.56. The first-order chi connectivity index (χ1) is 29.0. The molecule has 0 unspecified atom stereocenters. The van der Waals surface area contributed by atoms with Gasteiger partial charge in [0, 0.05) is 38.9 Å². The van der Waals surface area contributed by atoms with Gasteiger partial charge in [0.25, 0.3) is 0 Å². The van der Waals surface area contributed by atoms with Crippen molar-refractivity contribution in [2.75, 3.05) is 0 Å². The van der Waals surface area contributed by atoms with Crippen LogP contribution in [0.25, 0.3) is 66.6 Å². The van der Waals surface area contributed by atoms with E-state index in [1.165, 1.54) is 60.2 Å². The van der Waals surface area contributed by atoms with Crippen molar-refractivity contribution in [1.82, 2.24) is 15.0 Å². The maximum atomic E-state index is 5.75. The number of benzene rings is 5. The van der Waals surface area contributed by atoms with Gasteiger partial charge in [0.1, 0.15) is 8.07 Å². The van der Waals surface area contributed by atoms with E-state index in [4.69, 9.17) is 9.97 Å². The minimum Gasteiger partial charge on any atom is -0.354 e. The predicted molar refractivity (Wildman–Crippen MR) is 271 cm³/mol. The number of fused-ring (bicyclic) bond motifs is 3. The van der Waals surface area contributed by atoms with Crippen LogP contribution >= 0.6 is 0 Å². The number of rotatable bonds is 6. The van der Waals surface area contributed by atoms with Crippen LogP contribution in [-0.2, 0) is 21.7 Å². The summed E-state index contributed by atoms with van der Waals surface area (Å²) in [5.41, 5.74) is 16.3. The molecule has 5 aromatic carbocycles. The van der Waals surface area contributed by atoms with Gasteiger partial charge in [-0.1, -0.05) is 174 Å². The van der Waals surface area contributed by atoms with Crippen LogP contribution in [0.4, 0.5) is 0 Å². The number of pyridine rings is 2. The molecule has 0 aliphatic rings. The van der Waals surface area contributed by atoms with Crippen molar-refractivity contribution in [3.8, 4) is 44.8 Å². The molecular formula is C58H65N3Si. The van der Waals surface area contributed by atoms with Crippen molar-refractivity contribution in [2.45, 2.75) is 118 Å². The first-order valence-electron chi connectivity index (χ1n) is 22.4. The predicted octanol–water partition coefficient (Wildman–Crippen LogP) is 14.8. The normalized spacial score (nSPS) is 13.0. The molecule has 0 fully saturated rings. The van der Waals surface area contributed by atoms with Crippen LogP contribution in [0.1, 0.15) is 105 Å². The monoisotopic (exact) mass is 831 g/mol. The van der Waals surface area contributed by atoms with Crippen molar-refractivity contribution in [1.29, 1.82) is 0 Å². The van der Waals surface area contributed by atoms with Crippen LogP contribution in [0.5, 0.6) is 0 Å². The molecule has 0 saturated carbocycles. The van der Waals surface area contributed by atoms with Crippen molar-refractivity contribution in [3.63, 3.8) is 0 Å². The van der Waals surface area contributed by atoms with Crippen molar-refractivity contribution >= 4 is 40.4 Å². The summed E-state index contributed by atoms with van der Waals surface area (Å²) in [6, 6.07) is 48.0. The molecule has 0 radical (unpaired) electrons. The van der Waals surface area contributed by atoms with E-state index in [0.717, 1.165) is 39.1 Å². The highest BCUT2D eigenvalue weighted by Gasteiger charge is 2.30. The Morgan fingerprint density at radius 3 is 1.60 bits per heavy atom. The number of aromatic nitrogens is 3. The maximum absolute atomic E-state index is 5.75. The largest absolute Gasteiger partial charge is 0.354 e. The summed E-state index contributed by atoms with van der Waals surface area (Å²) in [5, 5.41) is 4.99. The number of H-pyrrole nitrogens is 1. The standard InChI is InChI=1S/C58H65N3Si/c1-55(2,3)42-23-24-50-47(34-42)48-35-45(58(10,11)12)36-49(54(48)61-50)52-32-40(39-27-43(56(4,5)6)33-44(28-39)57(7,8)9)31-51(60-52)41-26-38(37-20-16-15-17-21-37)29-46(30-41)62(13,14)53-22-18-19-25-59-53/h15-36,61H,1-14H3. The average Bonchev–Trinajstić information content (AvgIpc) is 3.60. The molecule has 4 heteroatoms. The summed E-state index contributed by atoms with van der Waals surface area (Å²) >= 11 is 0. The zero-order valence-corrected chi connectivity index (χ0v) is 40.6. The number of hydrogen-bond donors (Lipinski definition) is 1. The van der Waals surface area contributed by atoms with Gasteiger partial charge in [-0.3, -0.25) is 4.98 Å². The Morgan fingerprint density at radius 2 is 0.984 bits per heavy atom. The first kappa shape index (κ1) is 43.1. The number of nitrogens with one attached hydrogen (secondary N) is 1. The second-order valence-electron chi connectivity index (χ2n) is 22.3. The van der Waals surface area contributed by atoms with Crippen LogP contribution in [-0.4, -0.2) is 23.0 Å². The fraction of sp³-hybridized carbons (Fsp3) is 0.310. The van der Waals surface area contributed by atoms with Gasteiger partial charge in [-0.25, -0.2) is 4.98 Å². The lowest BCUT2D eigenvalue weighted by molar-refractivity contribution is 0.569. The molecular weight excluding hydrogens is 767 g/mol. The SMILES string of the molecule is CC(C)(C)c1cc(-c2cc(-c3cc(-c4ccccc4)cc([Si](C)(C)c4ccccn4)c3)nc(-c3cc(C(C)(C)C)cc4c3[nH]c3ccc(C(C)(C)C)cc34)c2)cc(C(C)(C)C)c1. The molecule has 8 aromatic rings. The van der Waals surface area contributed by atoms with Gasteiger partial charge >= 0.3 is 0 Å². The lowest BCUT2D eigenvalue weighted by atomic mass is 9.79. The summed E-state index contributed by atoms with van der Waals surface area (Å²) in [6.07, 6.45) is 1.93. The zero-order chi connectivity index (χ0) is 44.6. The van der Waals surface area contributed by atoms with Crippen molar-refractivity contribution in [2.24, 2.45) is 0 Å². The minimum absolute atomic E-state index is 0.0290. The topological polar surface area (TPSA) is 41.6 Å². The molecule has 3 aromatic heterocycles. The van der Waals surface area contributed by atoms with Crippen molar-refractivity contribution < 1.29 is 0 Å². The van der Waals surface area contributed by atoms with Crippen LogP contribution in [0.15, 0.2) is 134 Å². The smallest absolute Gasteiger partial charge is 0.135 e. The molecule has 8 rings (SSSR count). The molecule has 62 heavy (non-hydrogen) atoms. The Balaban J connectivity index is 1.47. The number of nitrogens with zero attached hydrogens (tertiary/aromatic N) is 2. The molecule has 1 N–H and O–H groups in total. The zero-order valence-electron chi connectivity index (χ0n) is 39.6. The Bertz CT molecular complexity index is 2910. The number of aromatic amines is 1. The summed E-state index contributed by atoms with van der Waals surface area (Å²) in [7, 11) is -2.24. The molecule has 0 aliphatic heterocycles. The third kappa shape index (κ3) is 8.47. The lowest BCUT2D eigenvalue weighted by Crippen LogP contribution is -2.54. The van der Waals surface area contributed by atoms with Crippen LogP contribution in [0.3, 0.4) is 0 Å². The van der Waals surface area contributed by atoms with Gasteiger partial charge in [0.05, 0.1) is 16.9 Å². The molecule has 0 aliphatic carbocycles. The maximum Gasteiger partial charge on any atom is 0.135 e. The van der Waals surface area contributed by atoms with E-state index < -0.39 is 8.07 Å². The molecule has 0 saturated heterocycles. The third-order valence-corrected chi connectivity index (χ3v) is 16.2. The van der Waals surface area contributed by atoms with Crippen LogP contribution in [0.2, 0.25) is 13.1 Å². The second-order valence-corrected chi connectivity index (χ2v) is 26.6. The first-order valence-corrected chi connectivity index (χ1v) is 25.4. The molecule has 0 spiro atoms. The molecule has 316 valence electrons. The molecule has 0 amide bonds. The highest BCUT2D eigenvalue weighted by molar-refractivity contribution is 7.00. The average molecular weight is 832 g/mol. The van der Waals surface area contributed by atoms with Gasteiger partial charge in [0.2, 0.25) is 0 Å². The molecule has 0 bridgehead atoms. The second kappa shape index (κ2) is 15.3. The van der Waals surface area contributed by atoms with E-state index in [9.17, 15) is 0 Å². The highest BCUT2D eigenvalue weighted by atomic mass is 28.3. The highest BCUT2D eigenvalue weighted by Crippen LogP contribution is 2.42. The van der Waals surface area contributed by atoms with E-state index in [1.807, 2.05) is 12.3 Å². The summed E-state index contributed by atoms with van der Waals surface area (Å²) in [6.45, 7) is 32.6. The van der Waals surface area contributed by atoms with E-state index in [0.29, 0.717) is 0 Å². The summed E-state index contributed by atoms with van der Waals surface area (Å²) in [4.78, 5) is 14.6. The molecule has 3 nitrogen and oxygen atoms in total.